The number of nitro benzene ring substituents is 1. The summed E-state index contributed by atoms with van der Waals surface area (Å²) in [6, 6.07) is 14.4. The molecule has 0 bridgehead atoms. The molecule has 7 heteroatoms. The minimum Gasteiger partial charge on any atom is -0.266 e. The van der Waals surface area contributed by atoms with Crippen LogP contribution >= 0.6 is 0 Å². The van der Waals surface area contributed by atoms with Crippen LogP contribution in [0.25, 0.3) is 0 Å². The molecule has 120 valence electrons. The molecule has 0 aliphatic rings. The molecule has 2 aromatic carbocycles. The Morgan fingerprint density at radius 1 is 1.09 bits per heavy atom. The number of hydrogen-bond donors (Lipinski definition) is 0. The smallest absolute Gasteiger partial charge is 0.266 e. The van der Waals surface area contributed by atoms with Gasteiger partial charge in [-0.2, -0.15) is 0 Å². The van der Waals surface area contributed by atoms with E-state index >= 15 is 0 Å². The van der Waals surface area contributed by atoms with Crippen molar-refractivity contribution >= 4 is 21.4 Å². The van der Waals surface area contributed by atoms with Crippen LogP contribution in [0.2, 0.25) is 0 Å². The fraction of sp³-hybridized carbons (Fsp3) is 0.125. The predicted octanol–water partition coefficient (Wildman–Crippen LogP) is 3.12. The summed E-state index contributed by atoms with van der Waals surface area (Å²) in [7, 11) is -3.79. The van der Waals surface area contributed by atoms with E-state index in [9.17, 15) is 18.5 Å². The second-order valence-corrected chi connectivity index (χ2v) is 6.69. The first-order valence-electron chi connectivity index (χ1n) is 6.84. The van der Waals surface area contributed by atoms with Gasteiger partial charge >= 0.3 is 0 Å². The van der Waals surface area contributed by atoms with Gasteiger partial charge in [-0.25, -0.2) is 8.42 Å². The van der Waals surface area contributed by atoms with Gasteiger partial charge in [-0.05, 0) is 12.1 Å². The fourth-order valence-electron chi connectivity index (χ4n) is 2.18. The van der Waals surface area contributed by atoms with Crippen LogP contribution in [0.15, 0.2) is 67.3 Å². The normalized spacial score (nSPS) is 11.0. The van der Waals surface area contributed by atoms with Crippen molar-refractivity contribution in [2.75, 3.05) is 10.8 Å². The van der Waals surface area contributed by atoms with Crippen LogP contribution in [-0.4, -0.2) is 19.9 Å². The Balaban J connectivity index is 2.40. The zero-order valence-corrected chi connectivity index (χ0v) is 13.1. The number of nitrogens with zero attached hydrogens (tertiary/aromatic N) is 2. The lowest BCUT2D eigenvalue weighted by molar-refractivity contribution is -0.385. The van der Waals surface area contributed by atoms with E-state index in [1.54, 1.807) is 36.4 Å². The van der Waals surface area contributed by atoms with E-state index in [-0.39, 0.29) is 17.8 Å². The summed E-state index contributed by atoms with van der Waals surface area (Å²) in [5.74, 6) is -0.452. The summed E-state index contributed by atoms with van der Waals surface area (Å²) in [6.07, 6.45) is 1.48. The summed E-state index contributed by atoms with van der Waals surface area (Å²) in [5.41, 5.74) is 0.441. The van der Waals surface area contributed by atoms with Crippen molar-refractivity contribution in [3.8, 4) is 0 Å². The van der Waals surface area contributed by atoms with E-state index in [1.165, 1.54) is 28.6 Å². The van der Waals surface area contributed by atoms with Crippen molar-refractivity contribution in [2.45, 2.75) is 5.75 Å². The third-order valence-electron chi connectivity index (χ3n) is 3.20. The monoisotopic (exact) mass is 332 g/mol. The maximum Gasteiger partial charge on any atom is 0.273 e. The first kappa shape index (κ1) is 16.7. The van der Waals surface area contributed by atoms with E-state index in [2.05, 4.69) is 6.58 Å². The van der Waals surface area contributed by atoms with Gasteiger partial charge in [0, 0.05) is 11.6 Å². The van der Waals surface area contributed by atoms with Crippen LogP contribution < -0.4 is 4.31 Å². The van der Waals surface area contributed by atoms with Gasteiger partial charge < -0.3 is 0 Å². The van der Waals surface area contributed by atoms with Crippen molar-refractivity contribution in [1.29, 1.82) is 0 Å². The Morgan fingerprint density at radius 3 is 2.30 bits per heavy atom. The molecule has 0 radical (unpaired) electrons. The molecule has 23 heavy (non-hydrogen) atoms. The lowest BCUT2D eigenvalue weighted by Gasteiger charge is -2.23. The first-order chi connectivity index (χ1) is 11.0. The molecule has 0 saturated heterocycles. The molecule has 0 spiro atoms. The maximum absolute atomic E-state index is 12.7. The highest BCUT2D eigenvalue weighted by atomic mass is 32.2. The number of sulfonamides is 1. The predicted molar refractivity (Wildman–Crippen MR) is 89.7 cm³/mol. The highest BCUT2D eigenvalue weighted by Gasteiger charge is 2.25. The van der Waals surface area contributed by atoms with Crippen LogP contribution in [0.3, 0.4) is 0 Å². The molecular weight excluding hydrogens is 316 g/mol. The van der Waals surface area contributed by atoms with Crippen molar-refractivity contribution in [2.24, 2.45) is 0 Å². The zero-order chi connectivity index (χ0) is 16.9. The fourth-order valence-corrected chi connectivity index (χ4v) is 3.74. The largest absolute Gasteiger partial charge is 0.273 e. The summed E-state index contributed by atoms with van der Waals surface area (Å²) in [6.45, 7) is 3.67. The van der Waals surface area contributed by atoms with Crippen LogP contribution in [0, 0.1) is 10.1 Å². The van der Waals surface area contributed by atoms with Gasteiger partial charge in [0.05, 0.1) is 17.2 Å². The van der Waals surface area contributed by atoms with Gasteiger partial charge in [0.2, 0.25) is 10.0 Å². The maximum atomic E-state index is 12.7. The molecule has 0 amide bonds. The number of benzene rings is 2. The molecule has 0 saturated carbocycles. The Hall–Kier alpha value is -2.67. The summed E-state index contributed by atoms with van der Waals surface area (Å²) < 4.78 is 26.6. The minimum absolute atomic E-state index is 0.0903. The van der Waals surface area contributed by atoms with Crippen molar-refractivity contribution in [1.82, 2.24) is 0 Å². The molecule has 2 rings (SSSR count). The highest BCUT2D eigenvalue weighted by molar-refractivity contribution is 7.92. The SMILES string of the molecule is C=CCN(c1ccccc1)S(=O)(=O)Cc1ccccc1[N+](=O)[O-]. The van der Waals surface area contributed by atoms with Crippen molar-refractivity contribution < 1.29 is 13.3 Å². The van der Waals surface area contributed by atoms with Gasteiger partial charge in [-0.15, -0.1) is 6.58 Å². The zero-order valence-electron chi connectivity index (χ0n) is 12.3. The standard InChI is InChI=1S/C16H16N2O4S/c1-2-12-17(15-9-4-3-5-10-15)23(21,22)13-14-8-6-7-11-16(14)18(19)20/h2-11H,1,12-13H2. The quantitative estimate of drug-likeness (QED) is 0.443. The molecule has 0 aliphatic carbocycles. The summed E-state index contributed by atoms with van der Waals surface area (Å²) in [5, 5.41) is 11.1. The second-order valence-electron chi connectivity index (χ2n) is 4.80. The number of para-hydroxylation sites is 2. The van der Waals surface area contributed by atoms with Gasteiger partial charge in [-0.1, -0.05) is 42.5 Å². The molecule has 0 heterocycles. The lowest BCUT2D eigenvalue weighted by Crippen LogP contribution is -2.32. The Bertz CT molecular complexity index is 804. The van der Waals surface area contributed by atoms with E-state index in [4.69, 9.17) is 0 Å². The van der Waals surface area contributed by atoms with E-state index in [1.807, 2.05) is 0 Å². The molecule has 0 fully saturated rings. The van der Waals surface area contributed by atoms with Gasteiger partial charge in [0.15, 0.2) is 0 Å². The number of hydrogen-bond acceptors (Lipinski definition) is 4. The third kappa shape index (κ3) is 3.95. The molecule has 0 unspecified atom stereocenters. The lowest BCUT2D eigenvalue weighted by atomic mass is 10.2. The number of rotatable bonds is 7. The third-order valence-corrected chi connectivity index (χ3v) is 4.91. The van der Waals surface area contributed by atoms with Gasteiger partial charge in [0.25, 0.3) is 5.69 Å². The van der Waals surface area contributed by atoms with Crippen LogP contribution in [0.4, 0.5) is 11.4 Å². The summed E-state index contributed by atoms with van der Waals surface area (Å²) >= 11 is 0. The second kappa shape index (κ2) is 7.06. The van der Waals surface area contributed by atoms with Crippen molar-refractivity contribution in [3.05, 3.63) is 82.9 Å². The minimum atomic E-state index is -3.79. The van der Waals surface area contributed by atoms with Crippen LogP contribution in [-0.2, 0) is 15.8 Å². The van der Waals surface area contributed by atoms with Crippen LogP contribution in [0.1, 0.15) is 5.56 Å². The highest BCUT2D eigenvalue weighted by Crippen LogP contribution is 2.24. The molecule has 2 aromatic rings. The molecule has 0 aliphatic heterocycles. The van der Waals surface area contributed by atoms with Gasteiger partial charge in [0.1, 0.15) is 5.75 Å². The van der Waals surface area contributed by atoms with Crippen molar-refractivity contribution in [3.63, 3.8) is 0 Å². The molecule has 0 N–H and O–H groups in total. The van der Waals surface area contributed by atoms with E-state index in [0.29, 0.717) is 5.69 Å². The molecule has 0 aromatic heterocycles. The molecule has 0 atom stereocenters. The van der Waals surface area contributed by atoms with Crippen LogP contribution in [0.5, 0.6) is 0 Å². The molecular formula is C16H16N2O4S. The van der Waals surface area contributed by atoms with E-state index in [0.717, 1.165) is 0 Å². The summed E-state index contributed by atoms with van der Waals surface area (Å²) in [4.78, 5) is 10.5. The average molecular weight is 332 g/mol. The Morgan fingerprint density at radius 2 is 1.70 bits per heavy atom. The van der Waals surface area contributed by atoms with E-state index < -0.39 is 20.7 Å². The Kier molecular flexibility index (Phi) is 5.13. The van der Waals surface area contributed by atoms with Gasteiger partial charge in [-0.3, -0.25) is 14.4 Å². The topological polar surface area (TPSA) is 80.5 Å². The Labute approximate surface area is 134 Å². The first-order valence-corrected chi connectivity index (χ1v) is 8.45. The number of anilines is 1. The number of nitro groups is 1. The molecule has 6 nitrogen and oxygen atoms in total. The average Bonchev–Trinajstić information content (AvgIpc) is 2.53.